The Labute approximate surface area is 491 Å². The van der Waals surface area contributed by atoms with E-state index in [9.17, 15) is 62.6 Å². The Balaban J connectivity index is 2.30. The molecule has 0 unspecified atom stereocenters. The number of hydrogen-bond donors (Lipinski definition) is 11. The van der Waals surface area contributed by atoms with E-state index in [2.05, 4.69) is 47.9 Å². The first-order chi connectivity index (χ1) is 38.3. The molecular formula is C58H102N12O13. The highest BCUT2D eigenvalue weighted by Gasteiger charge is 2.46. The predicted octanol–water partition coefficient (Wildman–Crippen LogP) is 0.680. The van der Waals surface area contributed by atoms with Crippen molar-refractivity contribution in [3.63, 3.8) is 0 Å². The molecule has 0 aromatic heterocycles. The van der Waals surface area contributed by atoms with Gasteiger partial charge in [0.2, 0.25) is 70.9 Å². The molecule has 2 heterocycles. The Morgan fingerprint density at radius 3 is 1.41 bits per heavy atom. The van der Waals surface area contributed by atoms with Crippen LogP contribution in [0.4, 0.5) is 0 Å². The Kier molecular flexibility index (Phi) is 28.1. The number of nitrogens with one attached hydrogen (secondary N) is 9. The minimum Gasteiger partial charge on any atom is -0.394 e. The second kappa shape index (κ2) is 32.0. The SMILES string of the molecule is CC[C@H](C)[C@H](NC(=O)[C@H](CCC(N)=O)NC(=O)C(C)(C)NC(C)=O)C(=O)N[C@H](C(=O)NC(C)(C)C(=O)N1CCC[C@H]1C(=O)N[C@H](C(=O)N[C@@H](CC(C)C)C(=O)NC(C)(C)C(=O)N1CCC[C@H]1C(=O)N[C@H](CO)CC(C)C)[C@@H](C)CC)C(C)C. The number of nitrogens with zero attached hydrogens (tertiary/aromatic N) is 2. The van der Waals surface area contributed by atoms with Gasteiger partial charge in [-0.1, -0.05) is 82.1 Å². The average molecular weight is 1180 g/mol. The zero-order chi connectivity index (χ0) is 63.6. The lowest BCUT2D eigenvalue weighted by atomic mass is 9.95. The molecule has 2 aliphatic rings. The Morgan fingerprint density at radius 2 is 0.976 bits per heavy atom. The molecule has 2 rings (SSSR count). The maximum atomic E-state index is 14.5. The number of amides is 12. The van der Waals surface area contributed by atoms with Gasteiger partial charge in [-0.25, -0.2) is 0 Å². The van der Waals surface area contributed by atoms with Gasteiger partial charge in [0.05, 0.1) is 12.6 Å². The fourth-order valence-electron chi connectivity index (χ4n) is 10.3. The minimum atomic E-state index is -1.66. The molecule has 0 saturated carbocycles. The van der Waals surface area contributed by atoms with E-state index in [1.807, 2.05) is 34.6 Å². The van der Waals surface area contributed by atoms with Gasteiger partial charge < -0.3 is 68.5 Å². The van der Waals surface area contributed by atoms with Gasteiger partial charge >= 0.3 is 0 Å². The Bertz CT molecular complexity index is 2320. The van der Waals surface area contributed by atoms with Crippen LogP contribution in [0.5, 0.6) is 0 Å². The number of rotatable bonds is 32. The summed E-state index contributed by atoms with van der Waals surface area (Å²) in [4.78, 5) is 167. The van der Waals surface area contributed by atoms with Gasteiger partial charge in [0.25, 0.3) is 0 Å². The van der Waals surface area contributed by atoms with Crippen LogP contribution in [-0.2, 0) is 57.5 Å². The molecule has 25 nitrogen and oxygen atoms in total. The van der Waals surface area contributed by atoms with Crippen molar-refractivity contribution in [1.29, 1.82) is 0 Å². The number of carbonyl (C=O) groups is 12. The third kappa shape index (κ3) is 21.6. The van der Waals surface area contributed by atoms with E-state index in [-0.39, 0.29) is 63.1 Å². The minimum absolute atomic E-state index is 0.110. The molecule has 0 bridgehead atoms. The van der Waals surface area contributed by atoms with Crippen molar-refractivity contribution in [2.75, 3.05) is 19.7 Å². The largest absolute Gasteiger partial charge is 0.394 e. The summed E-state index contributed by atoms with van der Waals surface area (Å²) in [6.07, 6.45) is 2.61. The van der Waals surface area contributed by atoms with Crippen molar-refractivity contribution < 1.29 is 62.6 Å². The maximum Gasteiger partial charge on any atom is 0.248 e. The van der Waals surface area contributed by atoms with Crippen molar-refractivity contribution in [2.24, 2.45) is 35.3 Å². The predicted molar refractivity (Wildman–Crippen MR) is 312 cm³/mol. The third-order valence-electron chi connectivity index (χ3n) is 15.4. The summed E-state index contributed by atoms with van der Waals surface area (Å²) < 4.78 is 0. The van der Waals surface area contributed by atoms with E-state index in [1.54, 1.807) is 34.6 Å². The Morgan fingerprint density at radius 1 is 0.530 bits per heavy atom. The summed E-state index contributed by atoms with van der Waals surface area (Å²) in [5, 5.41) is 34.4. The van der Waals surface area contributed by atoms with Crippen molar-refractivity contribution >= 4 is 70.9 Å². The van der Waals surface area contributed by atoms with Crippen LogP contribution in [0.2, 0.25) is 0 Å². The quantitative estimate of drug-likeness (QED) is 0.0442. The normalized spacial score (nSPS) is 18.6. The first-order valence-corrected chi connectivity index (χ1v) is 29.6. The van der Waals surface area contributed by atoms with Gasteiger partial charge in [-0.2, -0.15) is 0 Å². The van der Waals surface area contributed by atoms with E-state index in [4.69, 9.17) is 5.73 Å². The van der Waals surface area contributed by atoms with Gasteiger partial charge in [0.1, 0.15) is 58.9 Å². The Hall–Kier alpha value is -6.40. The lowest BCUT2D eigenvalue weighted by Gasteiger charge is -2.36. The zero-order valence-electron chi connectivity index (χ0n) is 52.5. The highest BCUT2D eigenvalue weighted by molar-refractivity contribution is 6.01. The fraction of sp³-hybridized carbons (Fsp3) is 0.793. The molecule has 2 saturated heterocycles. The summed E-state index contributed by atoms with van der Waals surface area (Å²) in [5.74, 6) is -9.19. The van der Waals surface area contributed by atoms with Gasteiger partial charge in [0, 0.05) is 26.4 Å². The number of primary amides is 1. The van der Waals surface area contributed by atoms with Gasteiger partial charge in [-0.15, -0.1) is 0 Å². The smallest absolute Gasteiger partial charge is 0.248 e. The summed E-state index contributed by atoms with van der Waals surface area (Å²) in [6.45, 7) is 28.3. The highest BCUT2D eigenvalue weighted by Crippen LogP contribution is 2.25. The topological polar surface area (TPSA) is 366 Å². The number of aliphatic hydroxyl groups excluding tert-OH is 1. The molecule has 0 aliphatic carbocycles. The van der Waals surface area contributed by atoms with Crippen LogP contribution >= 0.6 is 0 Å². The van der Waals surface area contributed by atoms with Crippen molar-refractivity contribution in [3.05, 3.63) is 0 Å². The van der Waals surface area contributed by atoms with Crippen LogP contribution in [0.15, 0.2) is 0 Å². The number of hydrogen-bond acceptors (Lipinski definition) is 13. The fourth-order valence-corrected chi connectivity index (χ4v) is 10.3. The molecule has 2 aliphatic heterocycles. The van der Waals surface area contributed by atoms with Crippen LogP contribution in [0.1, 0.15) is 182 Å². The zero-order valence-corrected chi connectivity index (χ0v) is 52.5. The van der Waals surface area contributed by atoms with Crippen LogP contribution in [0.25, 0.3) is 0 Å². The number of likely N-dealkylation sites (tertiary alicyclic amines) is 2. The molecule has 83 heavy (non-hydrogen) atoms. The van der Waals surface area contributed by atoms with Gasteiger partial charge in [0.15, 0.2) is 0 Å². The second-order valence-corrected chi connectivity index (χ2v) is 25.6. The molecule has 0 radical (unpaired) electrons. The molecule has 0 aromatic carbocycles. The van der Waals surface area contributed by atoms with Gasteiger partial charge in [-0.05, 0) is 116 Å². The summed E-state index contributed by atoms with van der Waals surface area (Å²) in [7, 11) is 0. The van der Waals surface area contributed by atoms with Crippen LogP contribution < -0.4 is 53.6 Å². The molecular weight excluding hydrogens is 1070 g/mol. The third-order valence-corrected chi connectivity index (χ3v) is 15.4. The van der Waals surface area contributed by atoms with E-state index >= 15 is 0 Å². The molecule has 12 amide bonds. The van der Waals surface area contributed by atoms with E-state index in [1.165, 1.54) is 58.3 Å². The lowest BCUT2D eigenvalue weighted by molar-refractivity contribution is -0.146. The maximum absolute atomic E-state index is 14.5. The monoisotopic (exact) mass is 1170 g/mol. The van der Waals surface area contributed by atoms with Gasteiger partial charge in [-0.3, -0.25) is 57.5 Å². The van der Waals surface area contributed by atoms with Crippen molar-refractivity contribution in [3.8, 4) is 0 Å². The highest BCUT2D eigenvalue weighted by atomic mass is 16.3. The molecule has 0 spiro atoms. The molecule has 25 heteroatoms. The molecule has 2 fully saturated rings. The molecule has 12 N–H and O–H groups in total. The number of carbonyl (C=O) groups excluding carboxylic acids is 12. The van der Waals surface area contributed by atoms with E-state index < -0.39 is 148 Å². The lowest BCUT2D eigenvalue weighted by Crippen LogP contribution is -2.64. The standard InChI is InChI=1S/C58H102N12O13/c1-18-34(9)44(50(78)61-39(29-32(5)6)47(75)67-57(14,15)54(82)69-26-20-22-40(69)48(76)60-37(30-71)28-31(3)4)65-49(77)41-23-21-27-70(41)55(83)58(16,17)68-52(80)43(33(7)8)63-51(79)45(35(10)19-2)64-46(74)38(24-25-42(59)73)62-53(81)56(12,13)66-36(11)72/h31-35,37-41,43-45,71H,18-30H2,1-17H3,(H2,59,73)(H,60,76)(H,61,78)(H,62,81)(H,63,79)(H,64,74)(H,65,77)(H,66,72)(H,67,75)(H,68,80)/t34-,35-,37-,38-,39-,40-,41-,43-,44-,45-/m0/s1. The molecule has 10 atom stereocenters. The van der Waals surface area contributed by atoms with Crippen LogP contribution in [-0.4, -0.2) is 170 Å². The first kappa shape index (κ1) is 72.7. The average Bonchev–Trinajstić information content (AvgIpc) is 3.92. The number of aliphatic hydroxyl groups is 1. The molecule has 0 aromatic rings. The van der Waals surface area contributed by atoms with E-state index in [0.717, 1.165) is 0 Å². The van der Waals surface area contributed by atoms with Crippen LogP contribution in [0.3, 0.4) is 0 Å². The summed E-state index contributed by atoms with van der Waals surface area (Å²) in [6, 6.07) is -8.52. The van der Waals surface area contributed by atoms with Crippen LogP contribution in [0, 0.1) is 29.6 Å². The van der Waals surface area contributed by atoms with E-state index in [0.29, 0.717) is 38.5 Å². The summed E-state index contributed by atoms with van der Waals surface area (Å²) in [5.41, 5.74) is 0.751. The van der Waals surface area contributed by atoms with Crippen molar-refractivity contribution in [2.45, 2.75) is 247 Å². The summed E-state index contributed by atoms with van der Waals surface area (Å²) >= 11 is 0. The second-order valence-electron chi connectivity index (χ2n) is 25.6. The molecule has 472 valence electrons. The number of nitrogens with two attached hydrogens (primary N) is 1. The van der Waals surface area contributed by atoms with Crippen molar-refractivity contribution in [1.82, 2.24) is 57.7 Å². The first-order valence-electron chi connectivity index (χ1n) is 29.6.